The van der Waals surface area contributed by atoms with Crippen LogP contribution in [0.1, 0.15) is 18.4 Å². The van der Waals surface area contributed by atoms with E-state index in [0.717, 1.165) is 30.8 Å². The van der Waals surface area contributed by atoms with Gasteiger partial charge in [-0.3, -0.25) is 0 Å². The summed E-state index contributed by atoms with van der Waals surface area (Å²) in [5.74, 6) is 0.902. The highest BCUT2D eigenvalue weighted by atomic mass is 16.5. The van der Waals surface area contributed by atoms with E-state index in [2.05, 4.69) is 23.5 Å². The maximum Gasteiger partial charge on any atom is 0.124 e. The van der Waals surface area contributed by atoms with Crippen molar-refractivity contribution in [3.8, 4) is 5.75 Å². The van der Waals surface area contributed by atoms with Gasteiger partial charge in [0.15, 0.2) is 0 Å². The predicted octanol–water partition coefficient (Wildman–Crippen LogP) is 2.48. The standard InChI is InChI=1S/C18H23NO3/c20-10-9-19-12-17-16-6-2-1-4-14(16)7-8-18(17)22-13-15-5-3-11-21-15/h1-2,4,6-8,15,19-20H,3,5,9-13H2. The summed E-state index contributed by atoms with van der Waals surface area (Å²) in [6.07, 6.45) is 2.41. The van der Waals surface area contributed by atoms with E-state index in [-0.39, 0.29) is 12.7 Å². The molecule has 1 aliphatic heterocycles. The molecule has 2 aromatic carbocycles. The quantitative estimate of drug-likeness (QED) is 0.772. The van der Waals surface area contributed by atoms with Gasteiger partial charge in [0.1, 0.15) is 12.4 Å². The Kier molecular flexibility index (Phi) is 5.27. The molecule has 0 aliphatic carbocycles. The summed E-state index contributed by atoms with van der Waals surface area (Å²) >= 11 is 0. The minimum atomic E-state index is 0.136. The van der Waals surface area contributed by atoms with Gasteiger partial charge < -0.3 is 19.9 Å². The molecule has 1 atom stereocenters. The van der Waals surface area contributed by atoms with E-state index in [1.54, 1.807) is 0 Å². The SMILES string of the molecule is OCCNCc1c(OCC2CCCO2)ccc2ccccc12. The molecule has 0 radical (unpaired) electrons. The van der Waals surface area contributed by atoms with Crippen molar-refractivity contribution in [2.75, 3.05) is 26.4 Å². The Hall–Kier alpha value is -1.62. The first-order chi connectivity index (χ1) is 10.9. The van der Waals surface area contributed by atoms with E-state index >= 15 is 0 Å². The van der Waals surface area contributed by atoms with Crippen LogP contribution in [0.2, 0.25) is 0 Å². The van der Waals surface area contributed by atoms with Crippen LogP contribution in [0.4, 0.5) is 0 Å². The molecule has 1 heterocycles. The molecule has 0 bridgehead atoms. The monoisotopic (exact) mass is 301 g/mol. The molecule has 0 aromatic heterocycles. The molecule has 4 heteroatoms. The summed E-state index contributed by atoms with van der Waals surface area (Å²) in [4.78, 5) is 0. The topological polar surface area (TPSA) is 50.7 Å². The maximum atomic E-state index is 8.96. The first-order valence-corrected chi connectivity index (χ1v) is 7.95. The lowest BCUT2D eigenvalue weighted by atomic mass is 10.0. The van der Waals surface area contributed by atoms with Crippen LogP contribution in [0.3, 0.4) is 0 Å². The van der Waals surface area contributed by atoms with Crippen LogP contribution < -0.4 is 10.1 Å². The number of benzene rings is 2. The van der Waals surface area contributed by atoms with Crippen molar-refractivity contribution in [2.24, 2.45) is 0 Å². The zero-order valence-electron chi connectivity index (χ0n) is 12.8. The Balaban J connectivity index is 1.81. The number of rotatable bonds is 7. The average molecular weight is 301 g/mol. The third-order valence-corrected chi connectivity index (χ3v) is 4.04. The van der Waals surface area contributed by atoms with Gasteiger partial charge >= 0.3 is 0 Å². The number of fused-ring (bicyclic) bond motifs is 1. The molecular weight excluding hydrogens is 278 g/mol. The molecule has 0 spiro atoms. The van der Waals surface area contributed by atoms with Crippen LogP contribution in [-0.4, -0.2) is 37.6 Å². The summed E-state index contributed by atoms with van der Waals surface area (Å²) in [6.45, 7) is 2.84. The van der Waals surface area contributed by atoms with Crippen molar-refractivity contribution < 1.29 is 14.6 Å². The van der Waals surface area contributed by atoms with Crippen LogP contribution in [0.25, 0.3) is 10.8 Å². The first-order valence-electron chi connectivity index (χ1n) is 7.95. The van der Waals surface area contributed by atoms with E-state index in [9.17, 15) is 0 Å². The molecule has 118 valence electrons. The van der Waals surface area contributed by atoms with E-state index in [1.165, 1.54) is 10.8 Å². The largest absolute Gasteiger partial charge is 0.491 e. The average Bonchev–Trinajstić information content (AvgIpc) is 3.07. The van der Waals surface area contributed by atoms with E-state index in [4.69, 9.17) is 14.6 Å². The number of hydrogen-bond donors (Lipinski definition) is 2. The van der Waals surface area contributed by atoms with Gasteiger partial charge in [-0.15, -0.1) is 0 Å². The molecular formula is C18H23NO3. The van der Waals surface area contributed by atoms with Gasteiger partial charge in [0.25, 0.3) is 0 Å². The Morgan fingerprint density at radius 3 is 2.95 bits per heavy atom. The molecule has 1 fully saturated rings. The molecule has 2 N–H and O–H groups in total. The van der Waals surface area contributed by atoms with Gasteiger partial charge in [0.2, 0.25) is 0 Å². The molecule has 1 unspecified atom stereocenters. The third-order valence-electron chi connectivity index (χ3n) is 4.04. The summed E-state index contributed by atoms with van der Waals surface area (Å²) in [5, 5.41) is 14.6. The number of aliphatic hydroxyl groups is 1. The Labute approximate surface area is 131 Å². The second kappa shape index (κ2) is 7.58. The highest BCUT2D eigenvalue weighted by Crippen LogP contribution is 2.28. The summed E-state index contributed by atoms with van der Waals surface area (Å²) < 4.78 is 11.7. The third kappa shape index (κ3) is 3.58. The van der Waals surface area contributed by atoms with Crippen LogP contribution in [-0.2, 0) is 11.3 Å². The van der Waals surface area contributed by atoms with Gasteiger partial charge in [-0.2, -0.15) is 0 Å². The van der Waals surface area contributed by atoms with Gasteiger partial charge in [0, 0.05) is 25.3 Å². The smallest absolute Gasteiger partial charge is 0.124 e. The van der Waals surface area contributed by atoms with Crippen molar-refractivity contribution in [3.05, 3.63) is 42.0 Å². The van der Waals surface area contributed by atoms with Gasteiger partial charge in [-0.25, -0.2) is 0 Å². The van der Waals surface area contributed by atoms with Crippen molar-refractivity contribution in [2.45, 2.75) is 25.5 Å². The van der Waals surface area contributed by atoms with Crippen molar-refractivity contribution in [1.29, 1.82) is 0 Å². The Morgan fingerprint density at radius 1 is 1.23 bits per heavy atom. The van der Waals surface area contributed by atoms with Gasteiger partial charge in [-0.05, 0) is 29.7 Å². The molecule has 22 heavy (non-hydrogen) atoms. The van der Waals surface area contributed by atoms with Crippen LogP contribution >= 0.6 is 0 Å². The van der Waals surface area contributed by atoms with Crippen molar-refractivity contribution >= 4 is 10.8 Å². The highest BCUT2D eigenvalue weighted by Gasteiger charge is 2.17. The lowest BCUT2D eigenvalue weighted by Gasteiger charge is -2.17. The van der Waals surface area contributed by atoms with Crippen LogP contribution in [0.15, 0.2) is 36.4 Å². The van der Waals surface area contributed by atoms with Crippen molar-refractivity contribution in [1.82, 2.24) is 5.32 Å². The number of aliphatic hydroxyl groups excluding tert-OH is 1. The molecule has 1 aliphatic rings. The van der Waals surface area contributed by atoms with E-state index in [1.807, 2.05) is 18.2 Å². The molecule has 3 rings (SSSR count). The molecule has 0 amide bonds. The Bertz CT molecular complexity index is 608. The van der Waals surface area contributed by atoms with E-state index < -0.39 is 0 Å². The molecule has 2 aromatic rings. The van der Waals surface area contributed by atoms with Crippen LogP contribution in [0, 0.1) is 0 Å². The maximum absolute atomic E-state index is 8.96. The lowest BCUT2D eigenvalue weighted by molar-refractivity contribution is 0.0676. The fourth-order valence-electron chi connectivity index (χ4n) is 2.88. The minimum absolute atomic E-state index is 0.136. The van der Waals surface area contributed by atoms with E-state index in [0.29, 0.717) is 19.7 Å². The molecule has 1 saturated heterocycles. The van der Waals surface area contributed by atoms with Gasteiger partial charge in [-0.1, -0.05) is 30.3 Å². The molecule has 0 saturated carbocycles. The fourth-order valence-corrected chi connectivity index (χ4v) is 2.88. The normalized spacial score (nSPS) is 18.0. The number of hydrogen-bond acceptors (Lipinski definition) is 4. The highest BCUT2D eigenvalue weighted by molar-refractivity contribution is 5.87. The number of nitrogens with one attached hydrogen (secondary N) is 1. The fraction of sp³-hybridized carbons (Fsp3) is 0.444. The summed E-state index contributed by atoms with van der Waals surface area (Å²) in [5.41, 5.74) is 1.14. The minimum Gasteiger partial charge on any atom is -0.491 e. The first kappa shape index (κ1) is 15.3. The second-order valence-corrected chi connectivity index (χ2v) is 5.61. The Morgan fingerprint density at radius 2 is 2.14 bits per heavy atom. The lowest BCUT2D eigenvalue weighted by Crippen LogP contribution is -2.20. The summed E-state index contributed by atoms with van der Waals surface area (Å²) in [7, 11) is 0. The van der Waals surface area contributed by atoms with Crippen molar-refractivity contribution in [3.63, 3.8) is 0 Å². The molecule has 4 nitrogen and oxygen atoms in total. The van der Waals surface area contributed by atoms with Crippen LogP contribution in [0.5, 0.6) is 5.75 Å². The zero-order chi connectivity index (χ0) is 15.2. The second-order valence-electron chi connectivity index (χ2n) is 5.61. The number of ether oxygens (including phenoxy) is 2. The van der Waals surface area contributed by atoms with Gasteiger partial charge in [0.05, 0.1) is 12.7 Å². The summed E-state index contributed by atoms with van der Waals surface area (Å²) in [6, 6.07) is 12.4. The predicted molar refractivity (Wildman–Crippen MR) is 87.2 cm³/mol. The zero-order valence-corrected chi connectivity index (χ0v) is 12.8.